The fourth-order valence-corrected chi connectivity index (χ4v) is 2.39. The summed E-state index contributed by atoms with van der Waals surface area (Å²) in [6, 6.07) is 0. The first-order valence-corrected chi connectivity index (χ1v) is 6.11. The van der Waals surface area contributed by atoms with Crippen molar-refractivity contribution in [1.82, 2.24) is 4.90 Å². The molecule has 0 saturated carbocycles. The number of rotatable bonds is 1. The first-order valence-electron chi connectivity index (χ1n) is 5.54. The summed E-state index contributed by atoms with van der Waals surface area (Å²) in [6.45, 7) is 3.31. The molecule has 16 heavy (non-hydrogen) atoms. The molecule has 2 aliphatic rings. The van der Waals surface area contributed by atoms with Gasteiger partial charge in [-0.2, -0.15) is 0 Å². The summed E-state index contributed by atoms with van der Waals surface area (Å²) >= 11 is 0. The molecular formula is C12H17FNOP. The largest absolute Gasteiger partial charge is 0.391 e. The van der Waals surface area contributed by atoms with Crippen LogP contribution in [0.1, 0.15) is 19.8 Å². The van der Waals surface area contributed by atoms with Crippen LogP contribution in [0.25, 0.3) is 0 Å². The second kappa shape index (κ2) is 4.68. The van der Waals surface area contributed by atoms with E-state index in [-0.39, 0.29) is 11.9 Å². The van der Waals surface area contributed by atoms with E-state index in [2.05, 4.69) is 14.1 Å². The van der Waals surface area contributed by atoms with Gasteiger partial charge in [-0.15, -0.1) is 9.24 Å². The summed E-state index contributed by atoms with van der Waals surface area (Å²) in [5.74, 6) is -0.143. The number of hydrogen-bond acceptors (Lipinski definition) is 2. The number of likely N-dealkylation sites (tertiary alicyclic amines) is 1. The zero-order chi connectivity index (χ0) is 11.7. The Hall–Kier alpha value is -0.660. The first kappa shape index (κ1) is 11.8. The predicted molar refractivity (Wildman–Crippen MR) is 66.5 cm³/mol. The van der Waals surface area contributed by atoms with E-state index in [0.717, 1.165) is 24.0 Å². The normalized spacial score (nSPS) is 26.8. The molecule has 2 nitrogen and oxygen atoms in total. The molecular weight excluding hydrogens is 224 g/mol. The Bertz CT molecular complexity index is 386. The summed E-state index contributed by atoms with van der Waals surface area (Å²) in [5, 5.41) is 10.4. The molecule has 1 unspecified atom stereocenters. The van der Waals surface area contributed by atoms with E-state index in [1.807, 2.05) is 6.08 Å². The van der Waals surface area contributed by atoms with Gasteiger partial charge in [-0.3, -0.25) is 0 Å². The molecule has 1 heterocycles. The van der Waals surface area contributed by atoms with Gasteiger partial charge in [0.25, 0.3) is 0 Å². The lowest BCUT2D eigenvalue weighted by atomic mass is 10.2. The molecule has 1 aliphatic carbocycles. The fraction of sp³-hybridized carbons (Fsp3) is 0.500. The third-order valence-corrected chi connectivity index (χ3v) is 3.77. The minimum absolute atomic E-state index is 0.143. The molecule has 1 saturated heterocycles. The van der Waals surface area contributed by atoms with Crippen LogP contribution >= 0.6 is 9.24 Å². The number of allylic oxidation sites excluding steroid dienone is 5. The van der Waals surface area contributed by atoms with E-state index < -0.39 is 0 Å². The Labute approximate surface area is 97.7 Å². The van der Waals surface area contributed by atoms with Gasteiger partial charge in [0.15, 0.2) is 0 Å². The van der Waals surface area contributed by atoms with Gasteiger partial charge in [0.2, 0.25) is 0 Å². The van der Waals surface area contributed by atoms with Crippen molar-refractivity contribution in [3.63, 3.8) is 0 Å². The van der Waals surface area contributed by atoms with E-state index in [9.17, 15) is 9.50 Å². The van der Waals surface area contributed by atoms with Crippen molar-refractivity contribution in [2.75, 3.05) is 13.1 Å². The van der Waals surface area contributed by atoms with E-state index >= 15 is 0 Å². The SMILES string of the molecule is CC1=C(P)C=C(N2CC[C@H](O)C2)CC=C1F. The second-order valence-electron chi connectivity index (χ2n) is 4.36. The molecule has 0 aromatic carbocycles. The number of aliphatic hydroxyl groups excluding tert-OH is 1. The van der Waals surface area contributed by atoms with E-state index in [4.69, 9.17) is 0 Å². The summed E-state index contributed by atoms with van der Waals surface area (Å²) in [5.41, 5.74) is 1.77. The van der Waals surface area contributed by atoms with Crippen molar-refractivity contribution in [1.29, 1.82) is 0 Å². The zero-order valence-corrected chi connectivity index (χ0v) is 10.6. The molecule has 1 N–H and O–H groups in total. The maximum absolute atomic E-state index is 13.5. The summed E-state index contributed by atoms with van der Waals surface area (Å²) in [4.78, 5) is 2.14. The Balaban J connectivity index is 2.21. The monoisotopic (exact) mass is 241 g/mol. The predicted octanol–water partition coefficient (Wildman–Crippen LogP) is 2.34. The van der Waals surface area contributed by atoms with Gasteiger partial charge in [0, 0.05) is 25.2 Å². The molecule has 0 spiro atoms. The average Bonchev–Trinajstić information content (AvgIpc) is 2.63. The van der Waals surface area contributed by atoms with Gasteiger partial charge in [-0.25, -0.2) is 4.39 Å². The van der Waals surface area contributed by atoms with Crippen LogP contribution in [-0.4, -0.2) is 29.2 Å². The van der Waals surface area contributed by atoms with Gasteiger partial charge in [-0.05, 0) is 36.4 Å². The zero-order valence-electron chi connectivity index (χ0n) is 9.41. The van der Waals surface area contributed by atoms with Crippen molar-refractivity contribution in [2.45, 2.75) is 25.9 Å². The Morgan fingerprint density at radius 1 is 1.56 bits per heavy atom. The Kier molecular flexibility index (Phi) is 3.46. The first-order chi connectivity index (χ1) is 7.58. The molecule has 0 bridgehead atoms. The maximum atomic E-state index is 13.5. The molecule has 2 rings (SSSR count). The third-order valence-electron chi connectivity index (χ3n) is 3.17. The molecule has 0 radical (unpaired) electrons. The molecule has 1 fully saturated rings. The van der Waals surface area contributed by atoms with Crippen molar-refractivity contribution in [3.05, 3.63) is 34.6 Å². The van der Waals surface area contributed by atoms with Gasteiger partial charge < -0.3 is 10.0 Å². The number of hydrogen-bond donors (Lipinski definition) is 1. The lowest BCUT2D eigenvalue weighted by Crippen LogP contribution is -2.21. The lowest BCUT2D eigenvalue weighted by molar-refractivity contribution is 0.183. The van der Waals surface area contributed by atoms with E-state index in [0.29, 0.717) is 18.5 Å². The lowest BCUT2D eigenvalue weighted by Gasteiger charge is -2.20. The van der Waals surface area contributed by atoms with Crippen molar-refractivity contribution >= 4 is 9.24 Å². The van der Waals surface area contributed by atoms with Crippen LogP contribution in [-0.2, 0) is 0 Å². The molecule has 88 valence electrons. The quantitative estimate of drug-likeness (QED) is 0.712. The van der Waals surface area contributed by atoms with Crippen LogP contribution in [0.2, 0.25) is 0 Å². The van der Waals surface area contributed by atoms with Crippen LogP contribution in [0.3, 0.4) is 0 Å². The molecule has 4 heteroatoms. The van der Waals surface area contributed by atoms with Gasteiger partial charge in [0.1, 0.15) is 5.83 Å². The summed E-state index contributed by atoms with van der Waals surface area (Å²) < 4.78 is 13.5. The smallest absolute Gasteiger partial charge is 0.123 e. The van der Waals surface area contributed by atoms with Crippen molar-refractivity contribution < 1.29 is 9.50 Å². The summed E-state index contributed by atoms with van der Waals surface area (Å²) in [7, 11) is 2.58. The number of nitrogens with zero attached hydrogens (tertiary/aromatic N) is 1. The highest BCUT2D eigenvalue weighted by Crippen LogP contribution is 2.30. The van der Waals surface area contributed by atoms with Crippen LogP contribution in [0.4, 0.5) is 4.39 Å². The third kappa shape index (κ3) is 2.36. The fourth-order valence-electron chi connectivity index (χ4n) is 2.05. The molecule has 0 aromatic heterocycles. The highest BCUT2D eigenvalue weighted by atomic mass is 31.0. The molecule has 1 aliphatic heterocycles. The van der Waals surface area contributed by atoms with Crippen LogP contribution in [0.15, 0.2) is 34.6 Å². The number of β-amino-alcohol motifs (C(OH)–C–C–N with tert-alkyl or cyclic N) is 1. The van der Waals surface area contributed by atoms with E-state index in [1.165, 1.54) is 0 Å². The minimum atomic E-state index is -0.240. The molecule has 2 atom stereocenters. The van der Waals surface area contributed by atoms with E-state index in [1.54, 1.807) is 13.0 Å². The molecule has 0 aromatic rings. The van der Waals surface area contributed by atoms with Gasteiger partial charge in [0.05, 0.1) is 6.10 Å². The highest BCUT2D eigenvalue weighted by molar-refractivity contribution is 7.23. The number of aliphatic hydroxyl groups is 1. The van der Waals surface area contributed by atoms with Crippen molar-refractivity contribution in [2.24, 2.45) is 0 Å². The second-order valence-corrected chi connectivity index (χ2v) is 4.98. The Morgan fingerprint density at radius 2 is 2.31 bits per heavy atom. The van der Waals surface area contributed by atoms with Crippen LogP contribution in [0.5, 0.6) is 0 Å². The average molecular weight is 241 g/mol. The molecule has 0 amide bonds. The standard InChI is InChI=1S/C12H17FNOP/c1-8-11(13)3-2-9(6-12(8)16)14-5-4-10(15)7-14/h3,6,10,15H,2,4-5,7,16H2,1H3/t10-/m0/s1. The van der Waals surface area contributed by atoms with Gasteiger partial charge >= 0.3 is 0 Å². The topological polar surface area (TPSA) is 23.5 Å². The Morgan fingerprint density at radius 3 is 2.94 bits per heavy atom. The maximum Gasteiger partial charge on any atom is 0.123 e. The van der Waals surface area contributed by atoms with Crippen molar-refractivity contribution in [3.8, 4) is 0 Å². The minimum Gasteiger partial charge on any atom is -0.391 e. The van der Waals surface area contributed by atoms with Gasteiger partial charge in [-0.1, -0.05) is 0 Å². The number of halogens is 1. The summed E-state index contributed by atoms with van der Waals surface area (Å²) in [6.07, 6.45) is 4.78. The highest BCUT2D eigenvalue weighted by Gasteiger charge is 2.22. The van der Waals surface area contributed by atoms with Crippen LogP contribution in [0, 0.1) is 0 Å². The van der Waals surface area contributed by atoms with Crippen LogP contribution < -0.4 is 0 Å².